The van der Waals surface area contributed by atoms with Crippen LogP contribution in [0.2, 0.25) is 10.0 Å². The summed E-state index contributed by atoms with van der Waals surface area (Å²) >= 11 is 11.8. The van der Waals surface area contributed by atoms with Gasteiger partial charge >= 0.3 is 6.18 Å². The molecule has 1 aliphatic heterocycles. The summed E-state index contributed by atoms with van der Waals surface area (Å²) in [4.78, 5) is 12.8. The lowest BCUT2D eigenvalue weighted by Gasteiger charge is -2.33. The van der Waals surface area contributed by atoms with Crippen molar-refractivity contribution in [2.45, 2.75) is 44.7 Å². The number of aryl methyl sites for hydroxylation is 1. The summed E-state index contributed by atoms with van der Waals surface area (Å²) in [5, 5.41) is 14.7. The van der Waals surface area contributed by atoms with Crippen LogP contribution in [0.5, 0.6) is 5.75 Å². The molecule has 1 aliphatic rings. The van der Waals surface area contributed by atoms with Crippen molar-refractivity contribution in [1.29, 1.82) is 0 Å². The van der Waals surface area contributed by atoms with E-state index in [2.05, 4.69) is 5.10 Å². The maximum Gasteiger partial charge on any atom is 0.438 e. The number of alkyl halides is 3. The number of halogens is 5. The van der Waals surface area contributed by atoms with Crippen molar-refractivity contribution in [2.75, 3.05) is 0 Å². The molecule has 2 atom stereocenters. The van der Waals surface area contributed by atoms with Crippen LogP contribution in [0.25, 0.3) is 0 Å². The molecule has 2 aromatic rings. The van der Waals surface area contributed by atoms with Crippen molar-refractivity contribution < 1.29 is 27.8 Å². The number of hydrogen-bond acceptors (Lipinski definition) is 4. The standard InChI is InChI=1S/C21H19Cl2F3N2O3/c1-3-13-4-6-14(7-5-13)17-11-20(30,21(24,25)26)28(27-17)19(29)12(2)31-18-9-8-15(22)10-16(18)23/h4-10,12,30H,3,11H2,1-2H3/t12-,20-/m0/s1. The quantitative estimate of drug-likeness (QED) is 0.646. The summed E-state index contributed by atoms with van der Waals surface area (Å²) in [6, 6.07) is 10.9. The van der Waals surface area contributed by atoms with Crippen molar-refractivity contribution >= 4 is 34.8 Å². The van der Waals surface area contributed by atoms with E-state index < -0.39 is 30.3 Å². The SMILES string of the molecule is CCc1ccc(C2=NN(C(=O)[C@H](C)Oc3ccc(Cl)cc3Cl)[C@@](O)(C(F)(F)F)C2)cc1. The highest BCUT2D eigenvalue weighted by Crippen LogP contribution is 2.42. The first kappa shape index (κ1) is 23.4. The largest absolute Gasteiger partial charge is 0.479 e. The van der Waals surface area contributed by atoms with Crippen LogP contribution in [-0.2, 0) is 11.2 Å². The van der Waals surface area contributed by atoms with Gasteiger partial charge in [-0.1, -0.05) is 54.4 Å². The predicted octanol–water partition coefficient (Wildman–Crippen LogP) is 5.21. The number of hydrogen-bond donors (Lipinski definition) is 1. The van der Waals surface area contributed by atoms with Crippen LogP contribution in [0.4, 0.5) is 13.2 Å². The number of nitrogens with zero attached hydrogens (tertiary/aromatic N) is 2. The smallest absolute Gasteiger partial charge is 0.438 e. The molecule has 10 heteroatoms. The van der Waals surface area contributed by atoms with Gasteiger partial charge < -0.3 is 9.84 Å². The summed E-state index contributed by atoms with van der Waals surface area (Å²) in [5.41, 5.74) is -2.19. The first-order chi connectivity index (χ1) is 14.5. The number of amides is 1. The van der Waals surface area contributed by atoms with Crippen LogP contribution in [0.1, 0.15) is 31.4 Å². The van der Waals surface area contributed by atoms with Gasteiger partial charge in [-0.25, -0.2) is 0 Å². The van der Waals surface area contributed by atoms with E-state index >= 15 is 0 Å². The van der Waals surface area contributed by atoms with Crippen LogP contribution in [0.3, 0.4) is 0 Å². The lowest BCUT2D eigenvalue weighted by molar-refractivity contribution is -0.303. The Morgan fingerprint density at radius 1 is 1.26 bits per heavy atom. The van der Waals surface area contributed by atoms with E-state index in [4.69, 9.17) is 27.9 Å². The molecule has 2 aromatic carbocycles. The zero-order chi connectivity index (χ0) is 23.0. The Kier molecular flexibility index (Phi) is 6.55. The number of rotatable bonds is 5. The second-order valence-electron chi connectivity index (χ2n) is 7.07. The maximum atomic E-state index is 13.8. The molecule has 1 heterocycles. The van der Waals surface area contributed by atoms with Crippen LogP contribution >= 0.6 is 23.2 Å². The van der Waals surface area contributed by atoms with Crippen LogP contribution < -0.4 is 4.74 Å². The monoisotopic (exact) mass is 474 g/mol. The van der Waals surface area contributed by atoms with Gasteiger partial charge in [-0.15, -0.1) is 0 Å². The highest BCUT2D eigenvalue weighted by atomic mass is 35.5. The molecule has 0 radical (unpaired) electrons. The minimum absolute atomic E-state index is 0.0462. The molecule has 3 rings (SSSR count). The summed E-state index contributed by atoms with van der Waals surface area (Å²) in [7, 11) is 0. The first-order valence-electron chi connectivity index (χ1n) is 9.38. The van der Waals surface area contributed by atoms with Gasteiger partial charge in [0.2, 0.25) is 0 Å². The number of hydrazone groups is 1. The average molecular weight is 475 g/mol. The molecule has 0 saturated carbocycles. The Balaban J connectivity index is 1.91. The van der Waals surface area contributed by atoms with E-state index in [1.54, 1.807) is 24.3 Å². The fourth-order valence-corrected chi connectivity index (χ4v) is 3.53. The number of ether oxygens (including phenoxy) is 1. The number of carbonyl (C=O) groups excluding carboxylic acids is 1. The van der Waals surface area contributed by atoms with Gasteiger partial charge in [-0.3, -0.25) is 4.79 Å². The van der Waals surface area contributed by atoms with Crippen LogP contribution in [-0.4, -0.2) is 39.7 Å². The minimum Gasteiger partial charge on any atom is -0.479 e. The normalized spacial score (nSPS) is 19.9. The zero-order valence-corrected chi connectivity index (χ0v) is 18.1. The molecule has 166 valence electrons. The molecule has 31 heavy (non-hydrogen) atoms. The summed E-state index contributed by atoms with van der Waals surface area (Å²) in [5.74, 6) is -1.12. The third-order valence-electron chi connectivity index (χ3n) is 4.89. The average Bonchev–Trinajstić information content (AvgIpc) is 3.08. The summed E-state index contributed by atoms with van der Waals surface area (Å²) in [6.45, 7) is 3.19. The predicted molar refractivity (Wildman–Crippen MR) is 111 cm³/mol. The third-order valence-corrected chi connectivity index (χ3v) is 5.42. The zero-order valence-electron chi connectivity index (χ0n) is 16.6. The highest BCUT2D eigenvalue weighted by Gasteiger charge is 2.63. The van der Waals surface area contributed by atoms with Crippen LogP contribution in [0.15, 0.2) is 47.6 Å². The van der Waals surface area contributed by atoms with Crippen molar-refractivity contribution in [2.24, 2.45) is 5.10 Å². The van der Waals surface area contributed by atoms with E-state index in [0.717, 1.165) is 12.0 Å². The molecule has 0 bridgehead atoms. The van der Waals surface area contributed by atoms with E-state index in [0.29, 0.717) is 10.6 Å². The van der Waals surface area contributed by atoms with Crippen molar-refractivity contribution in [3.8, 4) is 5.75 Å². The van der Waals surface area contributed by atoms with Gasteiger partial charge in [0.15, 0.2) is 6.10 Å². The van der Waals surface area contributed by atoms with E-state index in [-0.39, 0.29) is 21.5 Å². The second-order valence-corrected chi connectivity index (χ2v) is 7.92. The Hall–Kier alpha value is -2.29. The van der Waals surface area contributed by atoms with Crippen molar-refractivity contribution in [3.63, 3.8) is 0 Å². The Bertz CT molecular complexity index is 1010. The second kappa shape index (κ2) is 8.68. The van der Waals surface area contributed by atoms with Gasteiger partial charge in [-0.05, 0) is 42.7 Å². The lowest BCUT2D eigenvalue weighted by Crippen LogP contribution is -2.58. The van der Waals surface area contributed by atoms with Gasteiger partial charge in [0.05, 0.1) is 17.2 Å². The van der Waals surface area contributed by atoms with Crippen molar-refractivity contribution in [3.05, 3.63) is 63.6 Å². The van der Waals surface area contributed by atoms with Gasteiger partial charge in [0, 0.05) is 5.02 Å². The van der Waals surface area contributed by atoms with E-state index in [9.17, 15) is 23.1 Å². The fourth-order valence-electron chi connectivity index (χ4n) is 3.08. The maximum absolute atomic E-state index is 13.8. The molecular formula is C21H19Cl2F3N2O3. The minimum atomic E-state index is -5.14. The Morgan fingerprint density at radius 3 is 2.45 bits per heavy atom. The molecule has 0 fully saturated rings. The first-order valence-corrected chi connectivity index (χ1v) is 10.1. The third kappa shape index (κ3) is 4.66. The molecule has 0 spiro atoms. The molecule has 1 amide bonds. The fraction of sp³-hybridized carbons (Fsp3) is 0.333. The molecule has 0 aromatic heterocycles. The summed E-state index contributed by atoms with van der Waals surface area (Å²) < 4.78 is 46.7. The number of benzene rings is 2. The van der Waals surface area contributed by atoms with E-state index in [1.807, 2.05) is 6.92 Å². The van der Waals surface area contributed by atoms with Gasteiger partial charge in [-0.2, -0.15) is 23.3 Å². The van der Waals surface area contributed by atoms with Crippen molar-refractivity contribution in [1.82, 2.24) is 5.01 Å². The molecule has 0 saturated heterocycles. The van der Waals surface area contributed by atoms with E-state index in [1.165, 1.54) is 25.1 Å². The lowest BCUT2D eigenvalue weighted by atomic mass is 9.99. The Morgan fingerprint density at radius 2 is 1.90 bits per heavy atom. The number of aliphatic hydroxyl groups is 1. The topological polar surface area (TPSA) is 62.1 Å². The molecular weight excluding hydrogens is 456 g/mol. The molecule has 1 N–H and O–H groups in total. The Labute approximate surface area is 187 Å². The summed E-state index contributed by atoms with van der Waals surface area (Å²) in [6.07, 6.45) is -6.71. The highest BCUT2D eigenvalue weighted by molar-refractivity contribution is 6.35. The molecule has 0 unspecified atom stereocenters. The van der Waals surface area contributed by atoms with Gasteiger partial charge in [0.25, 0.3) is 11.6 Å². The number of carbonyl (C=O) groups is 1. The molecule has 5 nitrogen and oxygen atoms in total. The molecule has 0 aliphatic carbocycles. The van der Waals surface area contributed by atoms with Gasteiger partial charge in [0.1, 0.15) is 5.75 Å². The van der Waals surface area contributed by atoms with Crippen LogP contribution in [0, 0.1) is 0 Å².